The van der Waals surface area contributed by atoms with E-state index in [9.17, 15) is 0 Å². The molecule has 0 amide bonds. The highest BCUT2D eigenvalue weighted by atomic mass is 16.7. The highest BCUT2D eigenvalue weighted by molar-refractivity contribution is 5.70. The first-order valence-corrected chi connectivity index (χ1v) is 27.2. The van der Waals surface area contributed by atoms with Gasteiger partial charge in [-0.15, -0.1) is 0 Å². The van der Waals surface area contributed by atoms with E-state index in [4.69, 9.17) is 37.9 Å². The molecule has 8 bridgehead atoms. The van der Waals surface area contributed by atoms with Crippen molar-refractivity contribution in [3.63, 3.8) is 0 Å². The van der Waals surface area contributed by atoms with Gasteiger partial charge in [0, 0.05) is 118 Å². The Hall–Kier alpha value is -7.88. The average Bonchev–Trinajstić information content (AvgIpc) is 4.38. The molecule has 76 heavy (non-hydrogen) atoms. The SMILES string of the molecule is CCCC1c2cc3c4c(Cn5ccnc5)c2OCOc2c1cc1c(c2Cn2ccnc2)OCOc2c(cc5c(c2Cn2ccnc2)OCOc2c(cc(c(c2Cn2ccnc2)OCO4)C3CCC)C5CCC)C1CCC. The number of hydrogen-bond donors (Lipinski definition) is 0. The Morgan fingerprint density at radius 1 is 0.329 bits per heavy atom. The van der Waals surface area contributed by atoms with E-state index in [1.807, 2.05) is 74.9 Å². The largest absolute Gasteiger partial charge is 0.457 e. The molecule has 8 aromatic rings. The van der Waals surface area contributed by atoms with Gasteiger partial charge in [-0.25, -0.2) is 19.9 Å². The molecule has 4 aromatic heterocycles. The maximum Gasteiger partial charge on any atom is 0.230 e. The zero-order valence-corrected chi connectivity index (χ0v) is 43.7. The van der Waals surface area contributed by atoms with Crippen LogP contribution in [-0.4, -0.2) is 65.4 Å². The van der Waals surface area contributed by atoms with Crippen LogP contribution in [0.4, 0.5) is 0 Å². The Morgan fingerprint density at radius 3 is 0.684 bits per heavy atom. The normalized spacial score (nSPS) is 18.5. The minimum atomic E-state index is -0.167. The highest BCUT2D eigenvalue weighted by Gasteiger charge is 2.41. The first kappa shape index (κ1) is 47.8. The molecule has 5 aliphatic rings. The molecule has 4 aliphatic heterocycles. The fraction of sp³-hybridized carbons (Fsp3) is 0.400. The molecule has 0 N–H and O–H groups in total. The van der Waals surface area contributed by atoms with Crippen molar-refractivity contribution in [1.82, 2.24) is 38.2 Å². The van der Waals surface area contributed by atoms with Crippen molar-refractivity contribution in [3.05, 3.63) is 166 Å². The van der Waals surface area contributed by atoms with Gasteiger partial charge in [-0.1, -0.05) is 53.4 Å². The number of imidazole rings is 4. The summed E-state index contributed by atoms with van der Waals surface area (Å²) in [6.45, 7) is 10.7. The molecular weight excluding hydrogens is 961 g/mol. The van der Waals surface area contributed by atoms with Crippen LogP contribution in [0.5, 0.6) is 46.0 Å². The summed E-state index contributed by atoms with van der Waals surface area (Å²) in [4.78, 5) is 18.0. The number of aromatic nitrogens is 8. The quantitative estimate of drug-likeness (QED) is 0.0908. The summed E-state index contributed by atoms with van der Waals surface area (Å²) in [5, 5.41) is 0. The average molecular weight is 1030 g/mol. The number of rotatable bonds is 16. The molecule has 0 atom stereocenters. The smallest absolute Gasteiger partial charge is 0.230 e. The second-order valence-electron chi connectivity index (χ2n) is 20.7. The van der Waals surface area contributed by atoms with Crippen LogP contribution in [0.15, 0.2) is 99.1 Å². The van der Waals surface area contributed by atoms with Gasteiger partial charge in [0.05, 0.1) is 73.7 Å². The van der Waals surface area contributed by atoms with Crippen molar-refractivity contribution < 1.29 is 37.9 Å². The van der Waals surface area contributed by atoms with Crippen LogP contribution in [-0.2, 0) is 26.2 Å². The zero-order chi connectivity index (χ0) is 51.3. The third kappa shape index (κ3) is 8.27. The first-order valence-electron chi connectivity index (χ1n) is 27.2. The van der Waals surface area contributed by atoms with Crippen molar-refractivity contribution in [2.45, 2.75) is 129 Å². The molecule has 0 spiro atoms. The fourth-order valence-corrected chi connectivity index (χ4v) is 12.9. The molecule has 8 heterocycles. The van der Waals surface area contributed by atoms with Crippen LogP contribution in [0.3, 0.4) is 0 Å². The van der Waals surface area contributed by atoms with Crippen molar-refractivity contribution in [2.24, 2.45) is 0 Å². The number of nitrogens with zero attached hydrogens (tertiary/aromatic N) is 8. The molecule has 13 rings (SSSR count). The van der Waals surface area contributed by atoms with Crippen LogP contribution in [0.25, 0.3) is 0 Å². The lowest BCUT2D eigenvalue weighted by Crippen LogP contribution is -2.26. The van der Waals surface area contributed by atoms with Crippen LogP contribution in [0.1, 0.15) is 169 Å². The summed E-state index contributed by atoms with van der Waals surface area (Å²) in [5.41, 5.74) is 12.5. The van der Waals surface area contributed by atoms with Crippen LogP contribution >= 0.6 is 0 Å². The van der Waals surface area contributed by atoms with Gasteiger partial charge >= 0.3 is 0 Å². The summed E-state index contributed by atoms with van der Waals surface area (Å²) in [5.74, 6) is 5.39. The molecule has 0 saturated carbocycles. The summed E-state index contributed by atoms with van der Waals surface area (Å²) in [7, 11) is 0. The second-order valence-corrected chi connectivity index (χ2v) is 20.7. The third-order valence-electron chi connectivity index (χ3n) is 16.1. The van der Waals surface area contributed by atoms with Crippen LogP contribution in [0.2, 0.25) is 0 Å². The van der Waals surface area contributed by atoms with Gasteiger partial charge in [-0.05, 0) is 49.9 Å². The van der Waals surface area contributed by atoms with Gasteiger partial charge in [0.25, 0.3) is 0 Å². The Labute approximate surface area is 442 Å². The Balaban J connectivity index is 1.20. The van der Waals surface area contributed by atoms with Crippen molar-refractivity contribution in [2.75, 3.05) is 27.2 Å². The van der Waals surface area contributed by atoms with E-state index >= 15 is 0 Å². The molecule has 0 unspecified atom stereocenters. The lowest BCUT2D eigenvalue weighted by atomic mass is 9.74. The molecule has 0 radical (unpaired) electrons. The van der Waals surface area contributed by atoms with Crippen molar-refractivity contribution in [3.8, 4) is 46.0 Å². The first-order chi connectivity index (χ1) is 37.5. The lowest BCUT2D eigenvalue weighted by Gasteiger charge is -2.37. The van der Waals surface area contributed by atoms with Gasteiger partial charge in [0.2, 0.25) is 27.2 Å². The van der Waals surface area contributed by atoms with Crippen molar-refractivity contribution in [1.29, 1.82) is 0 Å². The van der Waals surface area contributed by atoms with E-state index in [2.05, 4.69) is 90.2 Å². The lowest BCUT2D eigenvalue weighted by molar-refractivity contribution is 0.0940. The number of hydrogen-bond acceptors (Lipinski definition) is 12. The predicted octanol–water partition coefficient (Wildman–Crippen LogP) is 11.6. The second kappa shape index (κ2) is 20.3. The van der Waals surface area contributed by atoms with E-state index in [0.717, 1.165) is 164 Å². The molecule has 16 nitrogen and oxygen atoms in total. The minimum absolute atomic E-state index is 0.0496. The fourth-order valence-electron chi connectivity index (χ4n) is 12.9. The predicted molar refractivity (Wildman–Crippen MR) is 283 cm³/mol. The Bertz CT molecular complexity index is 2800. The molecule has 0 fully saturated rings. The van der Waals surface area contributed by atoms with Crippen molar-refractivity contribution >= 4 is 0 Å². The van der Waals surface area contributed by atoms with Gasteiger partial charge in [0.1, 0.15) is 46.0 Å². The van der Waals surface area contributed by atoms with Crippen LogP contribution < -0.4 is 37.9 Å². The van der Waals surface area contributed by atoms with E-state index < -0.39 is 0 Å². The Morgan fingerprint density at radius 2 is 0.526 bits per heavy atom. The van der Waals surface area contributed by atoms with Gasteiger partial charge in [-0.2, -0.15) is 0 Å². The zero-order valence-electron chi connectivity index (χ0n) is 43.7. The van der Waals surface area contributed by atoms with Gasteiger partial charge < -0.3 is 56.2 Å². The topological polar surface area (TPSA) is 145 Å². The highest BCUT2D eigenvalue weighted by Crippen LogP contribution is 2.58. The summed E-state index contributed by atoms with van der Waals surface area (Å²) in [6.07, 6.45) is 29.5. The van der Waals surface area contributed by atoms with Gasteiger partial charge in [-0.3, -0.25) is 0 Å². The third-order valence-corrected chi connectivity index (χ3v) is 16.1. The summed E-state index contributed by atoms with van der Waals surface area (Å²) < 4.78 is 65.0. The maximum atomic E-state index is 7.07. The van der Waals surface area contributed by atoms with Crippen LogP contribution in [0, 0.1) is 0 Å². The summed E-state index contributed by atoms with van der Waals surface area (Å²) in [6, 6.07) is 9.67. The molecular formula is C60H64N8O8. The number of ether oxygens (including phenoxy) is 8. The molecule has 4 aromatic carbocycles. The maximum absolute atomic E-state index is 7.07. The Kier molecular flexibility index (Phi) is 12.8. The van der Waals surface area contributed by atoms with E-state index in [1.165, 1.54) is 0 Å². The van der Waals surface area contributed by atoms with E-state index in [0.29, 0.717) is 26.2 Å². The summed E-state index contributed by atoms with van der Waals surface area (Å²) >= 11 is 0. The molecule has 1 aliphatic carbocycles. The van der Waals surface area contributed by atoms with Gasteiger partial charge in [0.15, 0.2) is 0 Å². The monoisotopic (exact) mass is 1020 g/mol. The molecule has 0 saturated heterocycles. The molecule has 392 valence electrons. The standard InChI is InChI=1S/C60H64N8O8/c1-5-9-37-41-21-43-38(10-6-2)45-23-47-40(12-8-4)48-24-46-39(11-7-3)44-22-42(37)54-50(26-66-18-14-62-30-66)56(44)72-35-74-58(46)52(28-68-20-16-64-32-68)60(48)76-36-75-59(47)51(27-67-19-15-63-31-67)57(45)73-34-71-55(43)49(53(41)69-33-70-54)25-65-17-13-61-29-65/h13-24,29-32,37-40H,5-12,25-28,33-36H2,1-4H3. The minimum Gasteiger partial charge on any atom is -0.457 e. The number of benzene rings is 4. The molecule has 16 heteroatoms. The van der Waals surface area contributed by atoms with E-state index in [-0.39, 0.29) is 50.8 Å². The van der Waals surface area contributed by atoms with E-state index in [1.54, 1.807) is 0 Å².